The summed E-state index contributed by atoms with van der Waals surface area (Å²) in [7, 11) is 15.0. The molecule has 3 heterocycles. The zero-order valence-electron chi connectivity index (χ0n) is 69.6. The monoisotopic (exact) mass is 1850 g/mol. The number of benzene rings is 7. The Morgan fingerprint density at radius 1 is 0.440 bits per heavy atom. The predicted molar refractivity (Wildman–Crippen MR) is 467 cm³/mol. The van der Waals surface area contributed by atoms with Crippen LogP contribution in [0, 0.1) is 0 Å². The number of methoxy groups -OCH3 is 6. The van der Waals surface area contributed by atoms with E-state index in [9.17, 15) is 19.2 Å². The standard InChI is InChI=1S/C26H32BrN3O4.C18H22BrNO3.C17H22BrN3O2.C9H9BrO2.C9H13NO2.C8H12N2O2/c1-7-34-24-11-8-18(12-21(24)27)15-30(16-19-9-10-20(32-5)13-25(19)33-6)26(31)23-14-22(17(2)3)28-29(23)4;1-4-23-17-8-5-13(9-16(17)19)11-20-12-14-6-7-15(21-2)10-18(14)22-3;1-5-23-16-7-6-12(8-13(16)18)10-19-17(22)15-9-14(11(2)3)20-21(15)4;1-2-12-9-4-3-7(6-11)5-8(9)10;1-11-8-4-3-7(6-10)9(5-8)12-2;1-5(2)6-4-7(8(11)12)10(3)9-6/h8-14,17H,7,15-16H2,1-6H3;5-10,20H,4,11-12H2,1-3H3;6-9,11H,5,10H2,1-4H3,(H,19,22);3-6H,2H2,1H3;3-5H,6,10H2,1-2H3;4-5H,1-3H3,(H,11,12). The van der Waals surface area contributed by atoms with Gasteiger partial charge in [0.1, 0.15) is 80.9 Å². The lowest BCUT2D eigenvalue weighted by Crippen LogP contribution is -2.31. The molecule has 0 spiro atoms. The Morgan fingerprint density at radius 3 is 1.20 bits per heavy atom. The SMILES string of the molecule is CC(C)c1cc(C(=O)O)n(C)n1.CCOc1ccc(C=O)cc1Br.CCOc1ccc(CN(Cc2ccc(OC)cc2OC)C(=O)c2cc(C(C)C)nn2C)cc1Br.CCOc1ccc(CNC(=O)c2cc(C(C)C)nn2C)cc1Br.CCOc1ccc(CNCc2ccc(OC)cc2OC)cc1Br.COc1ccc(CN)c(OC)c1. The predicted octanol–water partition coefficient (Wildman–Crippen LogP) is 18.4. The van der Waals surface area contributed by atoms with Crippen LogP contribution in [0.15, 0.2) is 163 Å². The Bertz CT molecular complexity index is 4780. The van der Waals surface area contributed by atoms with E-state index in [1.54, 1.807) is 102 Å². The van der Waals surface area contributed by atoms with E-state index in [2.05, 4.69) is 129 Å². The number of carboxylic acid groups (broad SMARTS) is 1. The van der Waals surface area contributed by atoms with Gasteiger partial charge in [-0.25, -0.2) is 4.79 Å². The third-order valence-electron chi connectivity index (χ3n) is 17.2. The molecule has 116 heavy (non-hydrogen) atoms. The summed E-state index contributed by atoms with van der Waals surface area (Å²) in [5, 5.41) is 28.0. The molecule has 10 aromatic rings. The summed E-state index contributed by atoms with van der Waals surface area (Å²) in [4.78, 5) is 48.8. The molecule has 0 bridgehead atoms. The second kappa shape index (κ2) is 49.9. The molecule has 0 unspecified atom stereocenters. The minimum absolute atomic E-state index is 0.107. The van der Waals surface area contributed by atoms with E-state index in [4.69, 9.17) is 58.2 Å². The van der Waals surface area contributed by atoms with Gasteiger partial charge in [-0.15, -0.1) is 0 Å². The minimum Gasteiger partial charge on any atom is -0.497 e. The molecule has 0 saturated carbocycles. The lowest BCUT2D eigenvalue weighted by atomic mass is 10.1. The second-order valence-corrected chi connectivity index (χ2v) is 29.9. The Balaban J connectivity index is 0.000000260. The normalized spacial score (nSPS) is 10.5. The summed E-state index contributed by atoms with van der Waals surface area (Å²) in [6, 6.07) is 45.4. The fourth-order valence-corrected chi connectivity index (χ4v) is 13.1. The number of halogens is 4. The largest absolute Gasteiger partial charge is 0.497 e. The van der Waals surface area contributed by atoms with Crippen LogP contribution in [0.2, 0.25) is 0 Å². The molecule has 0 radical (unpaired) electrons. The smallest absolute Gasteiger partial charge is 0.354 e. The lowest BCUT2D eigenvalue weighted by molar-refractivity contribution is 0.0682. The van der Waals surface area contributed by atoms with Crippen molar-refractivity contribution in [2.24, 2.45) is 26.9 Å². The number of hydrogen-bond donors (Lipinski definition) is 4. The molecular formula is C87H110Br4N10O15. The van der Waals surface area contributed by atoms with Gasteiger partial charge < -0.3 is 73.7 Å². The molecule has 0 atom stereocenters. The third-order valence-corrected chi connectivity index (χ3v) is 19.7. The summed E-state index contributed by atoms with van der Waals surface area (Å²) in [6.07, 6.45) is 0.806. The summed E-state index contributed by atoms with van der Waals surface area (Å²) in [5.74, 6) is 7.37. The van der Waals surface area contributed by atoms with E-state index in [0.717, 1.165) is 128 Å². The van der Waals surface area contributed by atoms with Crippen LogP contribution < -0.4 is 63.7 Å². The van der Waals surface area contributed by atoms with Gasteiger partial charge >= 0.3 is 5.97 Å². The van der Waals surface area contributed by atoms with Crippen LogP contribution in [0.3, 0.4) is 0 Å². The molecule has 5 N–H and O–H groups in total. The van der Waals surface area contributed by atoms with Crippen molar-refractivity contribution < 1.29 is 71.7 Å². The molecule has 10 rings (SSSR count). The van der Waals surface area contributed by atoms with E-state index in [1.807, 2.05) is 151 Å². The number of aldehydes is 1. The molecule has 0 saturated heterocycles. The Hall–Kier alpha value is -9.91. The van der Waals surface area contributed by atoms with Crippen LogP contribution in [-0.4, -0.2) is 133 Å². The first-order valence-corrected chi connectivity index (χ1v) is 40.7. The minimum atomic E-state index is -0.933. The van der Waals surface area contributed by atoms with Gasteiger partial charge in [0.25, 0.3) is 11.8 Å². The molecule has 25 nitrogen and oxygen atoms in total. The fourth-order valence-electron chi connectivity index (χ4n) is 11.0. The number of nitrogens with two attached hydrogens (primary N) is 1. The van der Waals surface area contributed by atoms with Gasteiger partial charge in [-0.3, -0.25) is 28.4 Å². The molecular weight excluding hydrogens is 1740 g/mol. The number of hydrogen-bond acceptors (Lipinski definition) is 19. The van der Waals surface area contributed by atoms with Crippen LogP contribution >= 0.6 is 63.7 Å². The number of amides is 2. The van der Waals surface area contributed by atoms with Gasteiger partial charge in [0.15, 0.2) is 0 Å². The summed E-state index contributed by atoms with van der Waals surface area (Å²) in [6.45, 7) is 25.6. The van der Waals surface area contributed by atoms with Crippen molar-refractivity contribution in [1.82, 2.24) is 44.9 Å². The molecule has 0 fully saturated rings. The number of carboxylic acids is 1. The number of aromatic carboxylic acids is 1. The summed E-state index contributed by atoms with van der Waals surface area (Å²) < 4.78 is 61.8. The van der Waals surface area contributed by atoms with E-state index >= 15 is 0 Å². The highest BCUT2D eigenvalue weighted by Crippen LogP contribution is 2.33. The van der Waals surface area contributed by atoms with Gasteiger partial charge in [-0.1, -0.05) is 71.9 Å². The van der Waals surface area contributed by atoms with Gasteiger partial charge in [0.05, 0.1) is 111 Å². The maximum Gasteiger partial charge on any atom is 0.354 e. The number of ether oxygens (including phenoxy) is 10. The third kappa shape index (κ3) is 30.0. The maximum absolute atomic E-state index is 13.8. The van der Waals surface area contributed by atoms with Crippen LogP contribution in [0.1, 0.15) is 179 Å². The van der Waals surface area contributed by atoms with Crippen molar-refractivity contribution >= 4 is 87.8 Å². The molecule has 0 aliphatic carbocycles. The van der Waals surface area contributed by atoms with Crippen molar-refractivity contribution in [2.75, 3.05) is 69.1 Å². The quantitative estimate of drug-likeness (QED) is 0.0285. The molecule has 0 aliphatic heterocycles. The van der Waals surface area contributed by atoms with Crippen molar-refractivity contribution in [1.29, 1.82) is 0 Å². The van der Waals surface area contributed by atoms with Crippen LogP contribution in [-0.2, 0) is 60.4 Å². The number of aromatic nitrogens is 6. The van der Waals surface area contributed by atoms with Crippen LogP contribution in [0.5, 0.6) is 57.5 Å². The zero-order valence-corrected chi connectivity index (χ0v) is 76.0. The summed E-state index contributed by atoms with van der Waals surface area (Å²) >= 11 is 13.9. The lowest BCUT2D eigenvalue weighted by Gasteiger charge is -2.24. The zero-order chi connectivity index (χ0) is 85.7. The Kier molecular flexibility index (Phi) is 41.6. The number of nitrogens with zero attached hydrogens (tertiary/aromatic N) is 7. The molecule has 3 aromatic heterocycles. The molecule has 7 aromatic carbocycles. The molecule has 0 aliphatic rings. The maximum atomic E-state index is 13.8. The number of aryl methyl sites for hydroxylation is 3. The number of carbonyl (C=O) groups excluding carboxylic acids is 3. The van der Waals surface area contributed by atoms with Crippen molar-refractivity contribution in [3.8, 4) is 57.5 Å². The number of carbonyl (C=O) groups is 4. The van der Waals surface area contributed by atoms with Crippen LogP contribution in [0.4, 0.5) is 0 Å². The first kappa shape index (κ1) is 96.7. The Morgan fingerprint density at radius 2 is 0.810 bits per heavy atom. The van der Waals surface area contributed by atoms with E-state index < -0.39 is 5.97 Å². The van der Waals surface area contributed by atoms with Crippen molar-refractivity contribution in [2.45, 2.75) is 126 Å². The number of nitrogens with one attached hydrogen (secondary N) is 2. The van der Waals surface area contributed by atoms with Gasteiger partial charge in [0.2, 0.25) is 0 Å². The Labute approximate surface area is 715 Å². The molecule has 29 heteroatoms. The van der Waals surface area contributed by atoms with E-state index in [-0.39, 0.29) is 29.3 Å². The van der Waals surface area contributed by atoms with Crippen LogP contribution in [0.25, 0.3) is 0 Å². The van der Waals surface area contributed by atoms with Gasteiger partial charge in [-0.05, 0) is 223 Å². The second-order valence-electron chi connectivity index (χ2n) is 26.5. The van der Waals surface area contributed by atoms with Crippen molar-refractivity contribution in [3.63, 3.8) is 0 Å². The highest BCUT2D eigenvalue weighted by molar-refractivity contribution is 9.11. The molecule has 2 amide bonds. The number of rotatable bonds is 32. The first-order chi connectivity index (χ1) is 55.5. The summed E-state index contributed by atoms with van der Waals surface area (Å²) in [5.41, 5.74) is 16.2. The fraction of sp³-hybridized carbons (Fsp3) is 0.368. The highest BCUT2D eigenvalue weighted by atomic mass is 79.9. The topological polar surface area (TPSA) is 288 Å². The average molecular weight is 1860 g/mol. The van der Waals surface area contributed by atoms with E-state index in [1.165, 1.54) is 10.2 Å². The average Bonchev–Trinajstić information content (AvgIpc) is 1.58. The molecule has 626 valence electrons. The first-order valence-electron chi connectivity index (χ1n) is 37.5. The van der Waals surface area contributed by atoms with Crippen molar-refractivity contribution in [3.05, 3.63) is 237 Å². The van der Waals surface area contributed by atoms with Gasteiger partial charge in [0, 0.05) is 94.3 Å². The van der Waals surface area contributed by atoms with E-state index in [0.29, 0.717) is 87.0 Å². The van der Waals surface area contributed by atoms with Gasteiger partial charge in [-0.2, -0.15) is 15.3 Å². The highest BCUT2D eigenvalue weighted by Gasteiger charge is 2.25.